The molecule has 0 rings (SSSR count). The molecule has 9 nitrogen and oxygen atoms in total. The fourth-order valence-corrected chi connectivity index (χ4v) is 4.10. The summed E-state index contributed by atoms with van der Waals surface area (Å²) in [5, 5.41) is 2.93. The average molecular weight is 552 g/mol. The second kappa shape index (κ2) is 14.0. The van der Waals surface area contributed by atoms with Gasteiger partial charge in [-0.15, -0.1) is 6.58 Å². The molecule has 0 aliphatic heterocycles. The molecular formula is C30H53N3O6. The highest BCUT2D eigenvalue weighted by Crippen LogP contribution is 2.29. The van der Waals surface area contributed by atoms with Gasteiger partial charge in [0, 0.05) is 25.1 Å². The molecule has 0 aromatic carbocycles. The second-order valence-corrected chi connectivity index (χ2v) is 13.1. The van der Waals surface area contributed by atoms with Gasteiger partial charge in [-0.25, -0.2) is 9.59 Å². The van der Waals surface area contributed by atoms with E-state index in [4.69, 9.17) is 9.47 Å². The van der Waals surface area contributed by atoms with Crippen molar-refractivity contribution in [2.75, 3.05) is 20.7 Å². The van der Waals surface area contributed by atoms with Crippen LogP contribution in [-0.2, 0) is 23.9 Å². The summed E-state index contributed by atoms with van der Waals surface area (Å²) in [6.45, 7) is 25.8. The van der Waals surface area contributed by atoms with E-state index in [1.807, 2.05) is 34.6 Å². The smallest absolute Gasteiger partial charge is 0.410 e. The van der Waals surface area contributed by atoms with E-state index in [1.165, 1.54) is 11.9 Å². The predicted octanol–water partition coefficient (Wildman–Crippen LogP) is 4.96. The number of amides is 3. The van der Waals surface area contributed by atoms with Crippen molar-refractivity contribution < 1.29 is 28.7 Å². The molecule has 0 saturated carbocycles. The topological polar surface area (TPSA) is 105 Å². The molecule has 3 atom stereocenters. The van der Waals surface area contributed by atoms with Gasteiger partial charge in [-0.3, -0.25) is 14.5 Å². The van der Waals surface area contributed by atoms with Crippen LogP contribution in [0.3, 0.4) is 0 Å². The van der Waals surface area contributed by atoms with Gasteiger partial charge in [0.15, 0.2) is 0 Å². The van der Waals surface area contributed by atoms with E-state index in [-0.39, 0.29) is 18.4 Å². The lowest BCUT2D eigenvalue weighted by atomic mass is 9.81. The molecule has 1 N–H and O–H groups in total. The molecule has 0 fully saturated rings. The summed E-state index contributed by atoms with van der Waals surface area (Å²) in [5.41, 5.74) is -1.86. The largest absolute Gasteiger partial charge is 0.463 e. The molecule has 0 saturated heterocycles. The van der Waals surface area contributed by atoms with E-state index in [2.05, 4.69) is 11.9 Å². The van der Waals surface area contributed by atoms with Crippen LogP contribution in [-0.4, -0.2) is 78.1 Å². The van der Waals surface area contributed by atoms with Crippen molar-refractivity contribution in [3.05, 3.63) is 24.3 Å². The van der Waals surface area contributed by atoms with E-state index in [9.17, 15) is 19.2 Å². The van der Waals surface area contributed by atoms with Crippen molar-refractivity contribution in [1.82, 2.24) is 15.1 Å². The van der Waals surface area contributed by atoms with Crippen LogP contribution < -0.4 is 5.32 Å². The monoisotopic (exact) mass is 551 g/mol. The molecule has 0 unspecified atom stereocenters. The summed E-state index contributed by atoms with van der Waals surface area (Å²) in [6, 6.07) is -2.35. The Hall–Kier alpha value is -2.84. The number of hydrogen-bond acceptors (Lipinski definition) is 6. The van der Waals surface area contributed by atoms with Crippen molar-refractivity contribution in [3.8, 4) is 0 Å². The van der Waals surface area contributed by atoms with E-state index >= 15 is 0 Å². The predicted molar refractivity (Wildman–Crippen MR) is 155 cm³/mol. The zero-order valence-corrected chi connectivity index (χ0v) is 26.7. The highest BCUT2D eigenvalue weighted by molar-refractivity contribution is 5.93. The van der Waals surface area contributed by atoms with E-state index in [0.717, 1.165) is 0 Å². The number of carbonyl (C=O) groups is 4. The number of nitrogens with one attached hydrogen (secondary N) is 1. The van der Waals surface area contributed by atoms with Gasteiger partial charge in [-0.2, -0.15) is 0 Å². The van der Waals surface area contributed by atoms with Gasteiger partial charge in [0.2, 0.25) is 11.8 Å². The van der Waals surface area contributed by atoms with Gasteiger partial charge >= 0.3 is 12.1 Å². The molecule has 0 heterocycles. The Morgan fingerprint density at radius 3 is 1.85 bits per heavy atom. The Balaban J connectivity index is 6.40. The van der Waals surface area contributed by atoms with Crippen LogP contribution in [0.5, 0.6) is 0 Å². The van der Waals surface area contributed by atoms with Gasteiger partial charge in [-0.1, -0.05) is 60.6 Å². The highest BCUT2D eigenvalue weighted by Gasteiger charge is 2.44. The van der Waals surface area contributed by atoms with E-state index in [0.29, 0.717) is 5.57 Å². The van der Waals surface area contributed by atoms with Gasteiger partial charge in [-0.05, 0) is 46.0 Å². The minimum absolute atomic E-state index is 0.0228. The third-order valence-electron chi connectivity index (χ3n) is 6.44. The summed E-state index contributed by atoms with van der Waals surface area (Å²) in [4.78, 5) is 55.7. The van der Waals surface area contributed by atoms with Crippen molar-refractivity contribution in [2.45, 2.75) is 107 Å². The van der Waals surface area contributed by atoms with E-state index < -0.39 is 52.5 Å². The minimum atomic E-state index is -1.00. The first-order valence-electron chi connectivity index (χ1n) is 13.5. The average Bonchev–Trinajstić information content (AvgIpc) is 2.77. The van der Waals surface area contributed by atoms with Crippen LogP contribution >= 0.6 is 0 Å². The first-order valence-corrected chi connectivity index (χ1v) is 13.5. The molecular weight excluding hydrogens is 498 g/mol. The van der Waals surface area contributed by atoms with Gasteiger partial charge in [0.05, 0.1) is 12.6 Å². The fraction of sp³-hybridized carbons (Fsp3) is 0.733. The number of nitrogens with zero attached hydrogens (tertiary/aromatic N) is 2. The second-order valence-electron chi connectivity index (χ2n) is 13.1. The standard InChI is InChI=1S/C30H53N3O6/c1-16-30(12,13)23(33(15)27(37)39-29(9,10)11)24(34)31-22(28(6,7)8)25(35)32(14)21(19(3)4)18-20(5)26(36)38-17-2/h16,18-19,21-23H,1,17H2,2-15H3,(H,31,34)/t21-,22-,23-/m1/s1. The van der Waals surface area contributed by atoms with Crippen molar-refractivity contribution in [2.24, 2.45) is 16.7 Å². The lowest BCUT2D eigenvalue weighted by Gasteiger charge is -2.41. The summed E-state index contributed by atoms with van der Waals surface area (Å²) in [5.74, 6) is -1.29. The normalized spacial score (nSPS) is 15.1. The van der Waals surface area contributed by atoms with Crippen LogP contribution in [0.4, 0.5) is 4.79 Å². The van der Waals surface area contributed by atoms with Crippen LogP contribution in [0.25, 0.3) is 0 Å². The molecule has 0 aliphatic rings. The third-order valence-corrected chi connectivity index (χ3v) is 6.44. The Labute approximate surface area is 236 Å². The zero-order valence-electron chi connectivity index (χ0n) is 26.7. The maximum Gasteiger partial charge on any atom is 0.410 e. The van der Waals surface area contributed by atoms with Crippen molar-refractivity contribution in [1.29, 1.82) is 0 Å². The molecule has 224 valence electrons. The van der Waals surface area contributed by atoms with Crippen LogP contribution in [0, 0.1) is 16.7 Å². The molecule has 0 spiro atoms. The maximum absolute atomic E-state index is 13.9. The summed E-state index contributed by atoms with van der Waals surface area (Å²) in [6.07, 6.45) is 2.67. The van der Waals surface area contributed by atoms with Crippen molar-refractivity contribution >= 4 is 23.9 Å². The number of hydrogen-bond donors (Lipinski definition) is 1. The lowest BCUT2D eigenvalue weighted by molar-refractivity contribution is -0.142. The summed E-state index contributed by atoms with van der Waals surface area (Å²) >= 11 is 0. The number of carbonyl (C=O) groups excluding carboxylic acids is 4. The highest BCUT2D eigenvalue weighted by atomic mass is 16.6. The summed E-state index contributed by atoms with van der Waals surface area (Å²) in [7, 11) is 3.16. The van der Waals surface area contributed by atoms with Gasteiger partial charge in [0.1, 0.15) is 17.7 Å². The molecule has 0 aromatic heterocycles. The molecule has 0 aliphatic carbocycles. The quantitative estimate of drug-likeness (QED) is 0.221. The molecule has 0 radical (unpaired) electrons. The van der Waals surface area contributed by atoms with Crippen LogP contribution in [0.15, 0.2) is 24.3 Å². The number of ether oxygens (including phenoxy) is 2. The van der Waals surface area contributed by atoms with Crippen molar-refractivity contribution in [3.63, 3.8) is 0 Å². The SMILES string of the molecule is C=CC(C)(C)[C@@H](C(=O)N[C@H](C(=O)N(C)[C@H](C=C(C)C(=O)OCC)C(C)C)C(C)(C)C)N(C)C(=O)OC(C)(C)C. The van der Waals surface area contributed by atoms with Crippen LogP contribution in [0.2, 0.25) is 0 Å². The Bertz CT molecular complexity index is 924. The summed E-state index contributed by atoms with van der Waals surface area (Å²) < 4.78 is 10.6. The molecule has 0 aromatic rings. The molecule has 39 heavy (non-hydrogen) atoms. The van der Waals surface area contributed by atoms with Crippen LogP contribution in [0.1, 0.15) is 83.1 Å². The zero-order chi connectivity index (χ0) is 31.1. The molecule has 0 bridgehead atoms. The maximum atomic E-state index is 13.9. The first-order chi connectivity index (χ1) is 17.5. The molecule has 3 amide bonds. The number of likely N-dealkylation sites (N-methyl/N-ethyl adjacent to an activating group) is 2. The first kappa shape index (κ1) is 36.2. The fourth-order valence-electron chi connectivity index (χ4n) is 4.10. The van der Waals surface area contributed by atoms with Gasteiger partial charge in [0.25, 0.3) is 0 Å². The minimum Gasteiger partial charge on any atom is -0.463 e. The Morgan fingerprint density at radius 2 is 1.46 bits per heavy atom. The Morgan fingerprint density at radius 1 is 0.949 bits per heavy atom. The number of rotatable bonds is 11. The molecule has 9 heteroatoms. The Kier molecular flexibility index (Phi) is 13.0. The lowest BCUT2D eigenvalue weighted by Crippen LogP contribution is -2.62. The third kappa shape index (κ3) is 10.7. The van der Waals surface area contributed by atoms with Gasteiger partial charge < -0.3 is 19.7 Å². The van der Waals surface area contributed by atoms with E-state index in [1.54, 1.807) is 72.6 Å². The number of esters is 1.